The number of ether oxygens (including phenoxy) is 1. The molecule has 2 rings (SSSR count). The Balaban J connectivity index is 2.82. The SMILES string of the molecule is O=C1OCCc2c([N+](=O)[O-])cc([N+](=O)[O-])c(O)c21. The number of hydrogen-bond donors (Lipinski definition) is 1. The van der Waals surface area contributed by atoms with Crippen LogP contribution < -0.4 is 0 Å². The van der Waals surface area contributed by atoms with Gasteiger partial charge in [-0.25, -0.2) is 4.79 Å². The van der Waals surface area contributed by atoms with E-state index in [9.17, 15) is 30.1 Å². The lowest BCUT2D eigenvalue weighted by Gasteiger charge is -2.16. The number of phenolic OH excluding ortho intramolecular Hbond substituents is 1. The standard InChI is InChI=1S/C9H6N2O7/c12-8-6(11(16)17)3-5(10(14)15)4-1-2-18-9(13)7(4)8/h3,12H,1-2H2. The summed E-state index contributed by atoms with van der Waals surface area (Å²) in [5, 5.41) is 31.1. The molecule has 0 fully saturated rings. The molecule has 0 aliphatic carbocycles. The van der Waals surface area contributed by atoms with Crippen LogP contribution >= 0.6 is 0 Å². The Morgan fingerprint density at radius 1 is 1.22 bits per heavy atom. The van der Waals surface area contributed by atoms with Gasteiger partial charge in [0.25, 0.3) is 5.69 Å². The van der Waals surface area contributed by atoms with Crippen LogP contribution in [-0.2, 0) is 11.2 Å². The average molecular weight is 254 g/mol. The van der Waals surface area contributed by atoms with E-state index in [-0.39, 0.29) is 18.6 Å². The fourth-order valence-electron chi connectivity index (χ4n) is 1.78. The first-order valence-electron chi connectivity index (χ1n) is 4.78. The number of nitro groups is 2. The largest absolute Gasteiger partial charge is 0.501 e. The van der Waals surface area contributed by atoms with Crippen LogP contribution in [0.3, 0.4) is 0 Å². The lowest BCUT2D eigenvalue weighted by molar-refractivity contribution is -0.395. The van der Waals surface area contributed by atoms with Crippen LogP contribution in [0.1, 0.15) is 15.9 Å². The van der Waals surface area contributed by atoms with Gasteiger partial charge in [0.1, 0.15) is 5.56 Å². The molecule has 0 bridgehead atoms. The quantitative estimate of drug-likeness (QED) is 0.471. The normalized spacial score (nSPS) is 13.7. The van der Waals surface area contributed by atoms with Gasteiger partial charge >= 0.3 is 11.7 Å². The van der Waals surface area contributed by atoms with Gasteiger partial charge in [-0.1, -0.05) is 0 Å². The first kappa shape index (κ1) is 11.8. The Kier molecular flexibility index (Phi) is 2.58. The number of benzene rings is 1. The predicted molar refractivity (Wildman–Crippen MR) is 55.4 cm³/mol. The second kappa shape index (κ2) is 3.95. The second-order valence-corrected chi connectivity index (χ2v) is 3.52. The zero-order chi connectivity index (χ0) is 13.4. The molecule has 18 heavy (non-hydrogen) atoms. The molecule has 1 aliphatic rings. The number of carbonyl (C=O) groups is 1. The van der Waals surface area contributed by atoms with Crippen molar-refractivity contribution in [2.45, 2.75) is 6.42 Å². The average Bonchev–Trinajstić information content (AvgIpc) is 2.28. The molecule has 1 N–H and O–H groups in total. The molecule has 0 saturated carbocycles. The van der Waals surface area contributed by atoms with Crippen LogP contribution in [0.5, 0.6) is 5.75 Å². The highest BCUT2D eigenvalue weighted by atomic mass is 16.6. The molecule has 1 aliphatic heterocycles. The highest BCUT2D eigenvalue weighted by molar-refractivity contribution is 5.98. The molecule has 0 saturated heterocycles. The third-order valence-electron chi connectivity index (χ3n) is 2.55. The first-order valence-corrected chi connectivity index (χ1v) is 4.78. The molecule has 9 heteroatoms. The number of cyclic esters (lactones) is 1. The molecule has 0 atom stereocenters. The number of carbonyl (C=O) groups excluding carboxylic acids is 1. The van der Waals surface area contributed by atoms with E-state index in [1.165, 1.54) is 0 Å². The van der Waals surface area contributed by atoms with Crippen LogP contribution in [0.25, 0.3) is 0 Å². The van der Waals surface area contributed by atoms with Gasteiger partial charge in [-0.05, 0) is 0 Å². The molecular weight excluding hydrogens is 248 g/mol. The van der Waals surface area contributed by atoms with Crippen molar-refractivity contribution in [2.24, 2.45) is 0 Å². The number of nitro benzene ring substituents is 2. The predicted octanol–water partition coefficient (Wildman–Crippen LogP) is 0.921. The van der Waals surface area contributed by atoms with Crippen LogP contribution in [0.15, 0.2) is 6.07 Å². The summed E-state index contributed by atoms with van der Waals surface area (Å²) in [6.45, 7) is -0.0656. The summed E-state index contributed by atoms with van der Waals surface area (Å²) in [5.74, 6) is -1.90. The van der Waals surface area contributed by atoms with Gasteiger partial charge in [-0.2, -0.15) is 0 Å². The molecular formula is C9H6N2O7. The summed E-state index contributed by atoms with van der Waals surface area (Å²) in [6, 6.07) is 0.646. The van der Waals surface area contributed by atoms with Gasteiger partial charge in [-0.15, -0.1) is 0 Å². The van der Waals surface area contributed by atoms with Crippen molar-refractivity contribution < 1.29 is 24.5 Å². The number of nitrogens with zero attached hydrogens (tertiary/aromatic N) is 2. The third-order valence-corrected chi connectivity index (χ3v) is 2.55. The summed E-state index contributed by atoms with van der Waals surface area (Å²) in [5.41, 5.74) is -1.99. The van der Waals surface area contributed by atoms with Gasteiger partial charge in [0.05, 0.1) is 28.1 Å². The zero-order valence-corrected chi connectivity index (χ0v) is 8.78. The lowest BCUT2D eigenvalue weighted by atomic mass is 9.98. The summed E-state index contributed by atoms with van der Waals surface area (Å²) >= 11 is 0. The van der Waals surface area contributed by atoms with E-state index in [1.807, 2.05) is 0 Å². The van der Waals surface area contributed by atoms with Crippen molar-refractivity contribution in [1.29, 1.82) is 0 Å². The number of esters is 1. The van der Waals surface area contributed by atoms with Gasteiger partial charge < -0.3 is 9.84 Å². The molecule has 94 valence electrons. The molecule has 0 unspecified atom stereocenters. The Morgan fingerprint density at radius 3 is 2.39 bits per heavy atom. The maximum Gasteiger partial charge on any atom is 0.342 e. The van der Waals surface area contributed by atoms with E-state index in [2.05, 4.69) is 4.74 Å². The van der Waals surface area contributed by atoms with E-state index in [0.29, 0.717) is 6.07 Å². The van der Waals surface area contributed by atoms with Gasteiger partial charge in [0.15, 0.2) is 0 Å². The number of fused-ring (bicyclic) bond motifs is 1. The summed E-state index contributed by atoms with van der Waals surface area (Å²) in [7, 11) is 0. The Bertz CT molecular complexity index is 581. The minimum atomic E-state index is -0.999. The fourth-order valence-corrected chi connectivity index (χ4v) is 1.78. The Labute approximate surface area is 98.9 Å². The topological polar surface area (TPSA) is 133 Å². The fraction of sp³-hybridized carbons (Fsp3) is 0.222. The molecule has 0 aromatic heterocycles. The number of rotatable bonds is 2. The van der Waals surface area contributed by atoms with Crippen LogP contribution in [-0.4, -0.2) is 27.5 Å². The summed E-state index contributed by atoms with van der Waals surface area (Å²) in [4.78, 5) is 31.1. The first-order chi connectivity index (χ1) is 8.43. The molecule has 0 radical (unpaired) electrons. The molecule has 1 aromatic carbocycles. The smallest absolute Gasteiger partial charge is 0.342 e. The Hall–Kier alpha value is -2.71. The van der Waals surface area contributed by atoms with Gasteiger partial charge in [-0.3, -0.25) is 20.2 Å². The van der Waals surface area contributed by atoms with Crippen molar-refractivity contribution >= 4 is 17.3 Å². The minimum absolute atomic E-state index is 0.0307. The minimum Gasteiger partial charge on any atom is -0.501 e. The van der Waals surface area contributed by atoms with Crippen molar-refractivity contribution in [3.05, 3.63) is 37.4 Å². The molecule has 0 amide bonds. The number of aromatic hydroxyl groups is 1. The monoisotopic (exact) mass is 254 g/mol. The number of phenols is 1. The summed E-state index contributed by atoms with van der Waals surface area (Å²) in [6.07, 6.45) is 0.0307. The molecule has 1 aromatic rings. The van der Waals surface area contributed by atoms with E-state index in [4.69, 9.17) is 0 Å². The van der Waals surface area contributed by atoms with Gasteiger partial charge in [0, 0.05) is 6.42 Å². The maximum absolute atomic E-state index is 11.4. The lowest BCUT2D eigenvalue weighted by Crippen LogP contribution is -2.19. The Morgan fingerprint density at radius 2 is 1.83 bits per heavy atom. The highest BCUT2D eigenvalue weighted by Crippen LogP contribution is 2.40. The van der Waals surface area contributed by atoms with E-state index < -0.39 is 38.5 Å². The highest BCUT2D eigenvalue weighted by Gasteiger charge is 2.35. The van der Waals surface area contributed by atoms with Crippen molar-refractivity contribution in [2.75, 3.05) is 6.61 Å². The number of hydrogen-bond acceptors (Lipinski definition) is 7. The molecule has 9 nitrogen and oxygen atoms in total. The van der Waals surface area contributed by atoms with Crippen LogP contribution in [0, 0.1) is 20.2 Å². The van der Waals surface area contributed by atoms with Crippen molar-refractivity contribution in [3.8, 4) is 5.75 Å². The summed E-state index contributed by atoms with van der Waals surface area (Å²) < 4.78 is 4.61. The van der Waals surface area contributed by atoms with E-state index >= 15 is 0 Å². The molecule has 0 spiro atoms. The van der Waals surface area contributed by atoms with Crippen molar-refractivity contribution in [3.63, 3.8) is 0 Å². The second-order valence-electron chi connectivity index (χ2n) is 3.52. The van der Waals surface area contributed by atoms with E-state index in [1.54, 1.807) is 0 Å². The van der Waals surface area contributed by atoms with Crippen molar-refractivity contribution in [1.82, 2.24) is 0 Å². The van der Waals surface area contributed by atoms with E-state index in [0.717, 1.165) is 0 Å². The van der Waals surface area contributed by atoms with Crippen LogP contribution in [0.4, 0.5) is 11.4 Å². The third kappa shape index (κ3) is 1.61. The maximum atomic E-state index is 11.4. The zero-order valence-electron chi connectivity index (χ0n) is 8.78. The molecule has 1 heterocycles. The van der Waals surface area contributed by atoms with Crippen LogP contribution in [0.2, 0.25) is 0 Å². The van der Waals surface area contributed by atoms with Gasteiger partial charge in [0.2, 0.25) is 5.75 Å².